The van der Waals surface area contributed by atoms with E-state index >= 15 is 0 Å². The molecule has 0 amide bonds. The summed E-state index contributed by atoms with van der Waals surface area (Å²) in [6, 6.07) is 0.326. The summed E-state index contributed by atoms with van der Waals surface area (Å²) in [4.78, 5) is 11.1. The minimum absolute atomic E-state index is 0.106. The van der Waals surface area contributed by atoms with Crippen molar-refractivity contribution in [2.24, 2.45) is 11.8 Å². The van der Waals surface area contributed by atoms with Crippen LogP contribution in [0.1, 0.15) is 26.7 Å². The molecule has 1 fully saturated rings. The second-order valence-corrected chi connectivity index (χ2v) is 4.04. The molecule has 1 rings (SSSR count). The smallest absolute Gasteiger partial charge is 0.307 e. The molecule has 3 nitrogen and oxygen atoms in total. The molecule has 0 bridgehead atoms. The monoisotopic (exact) mass is 185 g/mol. The lowest BCUT2D eigenvalue weighted by molar-refractivity contribution is -0.141. The molecule has 1 aliphatic rings. The summed E-state index contributed by atoms with van der Waals surface area (Å²) in [6.45, 7) is 5.45. The molecule has 13 heavy (non-hydrogen) atoms. The molecule has 1 saturated heterocycles. The molecule has 2 atom stereocenters. The number of hydrogen-bond donors (Lipinski definition) is 1. The Balaban J connectivity index is 2.44. The van der Waals surface area contributed by atoms with Gasteiger partial charge in [0.2, 0.25) is 0 Å². The van der Waals surface area contributed by atoms with Crippen LogP contribution in [-0.4, -0.2) is 25.7 Å². The fourth-order valence-corrected chi connectivity index (χ4v) is 2.07. The highest BCUT2D eigenvalue weighted by Gasteiger charge is 2.30. The Labute approximate surface area is 79.8 Å². The van der Waals surface area contributed by atoms with Crippen molar-refractivity contribution in [2.45, 2.75) is 32.7 Å². The van der Waals surface area contributed by atoms with Gasteiger partial charge in [-0.3, -0.25) is 4.79 Å². The van der Waals surface area contributed by atoms with E-state index in [2.05, 4.69) is 23.9 Å². The second kappa shape index (κ2) is 4.61. The average molecular weight is 185 g/mol. The van der Waals surface area contributed by atoms with Crippen LogP contribution in [0.25, 0.3) is 0 Å². The maximum absolute atomic E-state index is 11.1. The molecule has 0 radical (unpaired) electrons. The minimum Gasteiger partial charge on any atom is -0.469 e. The van der Waals surface area contributed by atoms with Crippen LogP contribution in [0.4, 0.5) is 0 Å². The molecule has 0 aromatic heterocycles. The van der Waals surface area contributed by atoms with Crippen molar-refractivity contribution >= 4 is 5.97 Å². The summed E-state index contributed by atoms with van der Waals surface area (Å²) >= 11 is 0. The molecule has 0 spiro atoms. The van der Waals surface area contributed by atoms with Crippen LogP contribution < -0.4 is 5.32 Å². The topological polar surface area (TPSA) is 38.3 Å². The van der Waals surface area contributed by atoms with E-state index in [1.54, 1.807) is 0 Å². The Morgan fingerprint density at radius 2 is 2.31 bits per heavy atom. The highest BCUT2D eigenvalue weighted by Crippen LogP contribution is 2.25. The summed E-state index contributed by atoms with van der Waals surface area (Å²) in [5.41, 5.74) is 0. The normalized spacial score (nSPS) is 28.0. The number of methoxy groups -OCH3 is 1. The van der Waals surface area contributed by atoms with E-state index in [4.69, 9.17) is 0 Å². The van der Waals surface area contributed by atoms with E-state index in [1.165, 1.54) is 13.5 Å². The molecular weight excluding hydrogens is 166 g/mol. The molecule has 2 unspecified atom stereocenters. The quantitative estimate of drug-likeness (QED) is 0.671. The van der Waals surface area contributed by atoms with Gasteiger partial charge in [-0.05, 0) is 24.8 Å². The van der Waals surface area contributed by atoms with Crippen molar-refractivity contribution in [1.82, 2.24) is 5.32 Å². The third-order valence-corrected chi connectivity index (χ3v) is 2.87. The van der Waals surface area contributed by atoms with Gasteiger partial charge in [0.25, 0.3) is 0 Å². The number of ether oxygens (including phenoxy) is 1. The summed E-state index contributed by atoms with van der Waals surface area (Å²) in [7, 11) is 1.45. The predicted molar refractivity (Wildman–Crippen MR) is 51.4 cm³/mol. The van der Waals surface area contributed by atoms with Gasteiger partial charge in [-0.25, -0.2) is 0 Å². The Kier molecular flexibility index (Phi) is 3.72. The Hall–Kier alpha value is -0.570. The van der Waals surface area contributed by atoms with Crippen molar-refractivity contribution in [3.63, 3.8) is 0 Å². The summed E-state index contributed by atoms with van der Waals surface area (Å²) in [5.74, 6) is 1.16. The van der Waals surface area contributed by atoms with Crippen molar-refractivity contribution in [3.8, 4) is 0 Å². The minimum atomic E-state index is -0.106. The fraction of sp³-hybridized carbons (Fsp3) is 0.900. The molecule has 76 valence electrons. The van der Waals surface area contributed by atoms with Crippen molar-refractivity contribution < 1.29 is 9.53 Å². The van der Waals surface area contributed by atoms with Crippen LogP contribution in [0.2, 0.25) is 0 Å². The van der Waals surface area contributed by atoms with Crippen LogP contribution in [0.3, 0.4) is 0 Å². The molecule has 1 aliphatic heterocycles. The highest BCUT2D eigenvalue weighted by atomic mass is 16.5. The third kappa shape index (κ3) is 2.69. The van der Waals surface area contributed by atoms with Gasteiger partial charge in [0.05, 0.1) is 13.5 Å². The Bertz CT molecular complexity index is 180. The van der Waals surface area contributed by atoms with Gasteiger partial charge in [-0.2, -0.15) is 0 Å². The van der Waals surface area contributed by atoms with Crippen molar-refractivity contribution in [2.75, 3.05) is 13.7 Å². The predicted octanol–water partition coefficient (Wildman–Crippen LogP) is 1.18. The van der Waals surface area contributed by atoms with E-state index in [0.717, 1.165) is 6.54 Å². The molecule has 0 saturated carbocycles. The van der Waals surface area contributed by atoms with Gasteiger partial charge in [-0.1, -0.05) is 13.8 Å². The first-order chi connectivity index (χ1) is 6.15. The van der Waals surface area contributed by atoms with Gasteiger partial charge in [0.15, 0.2) is 0 Å². The molecule has 3 heteroatoms. The van der Waals surface area contributed by atoms with Gasteiger partial charge in [0, 0.05) is 6.04 Å². The van der Waals surface area contributed by atoms with Crippen LogP contribution in [0, 0.1) is 11.8 Å². The Morgan fingerprint density at radius 3 is 2.85 bits per heavy atom. The summed E-state index contributed by atoms with van der Waals surface area (Å²) in [5, 5.41) is 3.35. The first-order valence-electron chi connectivity index (χ1n) is 4.95. The van der Waals surface area contributed by atoms with Crippen molar-refractivity contribution in [1.29, 1.82) is 0 Å². The van der Waals surface area contributed by atoms with Gasteiger partial charge in [-0.15, -0.1) is 0 Å². The van der Waals surface area contributed by atoms with Crippen LogP contribution in [0.5, 0.6) is 0 Å². The van der Waals surface area contributed by atoms with Crippen LogP contribution in [0.15, 0.2) is 0 Å². The average Bonchev–Trinajstić information content (AvgIpc) is 2.52. The zero-order chi connectivity index (χ0) is 9.84. The van der Waals surface area contributed by atoms with Gasteiger partial charge < -0.3 is 10.1 Å². The maximum Gasteiger partial charge on any atom is 0.307 e. The lowest BCUT2D eigenvalue weighted by atomic mass is 9.87. The number of nitrogens with one attached hydrogen (secondary N) is 1. The van der Waals surface area contributed by atoms with E-state index in [9.17, 15) is 4.79 Å². The first kappa shape index (κ1) is 10.5. The number of carbonyl (C=O) groups excluding carboxylic acids is 1. The zero-order valence-corrected chi connectivity index (χ0v) is 8.67. The highest BCUT2D eigenvalue weighted by molar-refractivity contribution is 5.70. The SMILES string of the molecule is COC(=O)CC1NCCC1C(C)C. The third-order valence-electron chi connectivity index (χ3n) is 2.87. The van der Waals surface area contributed by atoms with Crippen LogP contribution in [-0.2, 0) is 9.53 Å². The van der Waals surface area contributed by atoms with Crippen molar-refractivity contribution in [3.05, 3.63) is 0 Å². The van der Waals surface area contributed by atoms with Gasteiger partial charge >= 0.3 is 5.97 Å². The number of hydrogen-bond acceptors (Lipinski definition) is 3. The zero-order valence-electron chi connectivity index (χ0n) is 8.67. The number of carbonyl (C=O) groups is 1. The molecular formula is C10H19NO2. The molecule has 1 N–H and O–H groups in total. The molecule has 0 aromatic rings. The first-order valence-corrected chi connectivity index (χ1v) is 4.95. The second-order valence-electron chi connectivity index (χ2n) is 4.04. The molecule has 1 heterocycles. The lowest BCUT2D eigenvalue weighted by Crippen LogP contribution is -2.32. The standard InChI is InChI=1S/C10H19NO2/c1-7(2)8-4-5-11-9(8)6-10(12)13-3/h7-9,11H,4-6H2,1-3H3. The summed E-state index contributed by atoms with van der Waals surface area (Å²) < 4.78 is 4.66. The Morgan fingerprint density at radius 1 is 1.62 bits per heavy atom. The van der Waals surface area contributed by atoms with E-state index in [0.29, 0.717) is 24.3 Å². The largest absolute Gasteiger partial charge is 0.469 e. The number of rotatable bonds is 3. The van der Waals surface area contributed by atoms with E-state index in [-0.39, 0.29) is 5.97 Å². The molecule has 0 aliphatic carbocycles. The summed E-state index contributed by atoms with van der Waals surface area (Å²) in [6.07, 6.45) is 1.69. The van der Waals surface area contributed by atoms with E-state index < -0.39 is 0 Å². The van der Waals surface area contributed by atoms with E-state index in [1.807, 2.05) is 0 Å². The number of esters is 1. The lowest BCUT2D eigenvalue weighted by Gasteiger charge is -2.21. The molecule has 0 aromatic carbocycles. The van der Waals surface area contributed by atoms with Gasteiger partial charge in [0.1, 0.15) is 0 Å². The fourth-order valence-electron chi connectivity index (χ4n) is 2.07. The van der Waals surface area contributed by atoms with Crippen LogP contribution >= 0.6 is 0 Å². The maximum atomic E-state index is 11.1.